The van der Waals surface area contributed by atoms with Crippen molar-refractivity contribution in [3.05, 3.63) is 11.8 Å². The summed E-state index contributed by atoms with van der Waals surface area (Å²) in [5.41, 5.74) is 7.22. The third kappa shape index (κ3) is 1.13. The average molecular weight is 178 g/mol. The van der Waals surface area contributed by atoms with Gasteiger partial charge in [-0.2, -0.15) is 5.10 Å². The fourth-order valence-electron chi connectivity index (χ4n) is 1.94. The predicted octanol–water partition coefficient (Wildman–Crippen LogP) is 0.513. The lowest BCUT2D eigenvalue weighted by molar-refractivity contribution is 0.501. The van der Waals surface area contributed by atoms with Gasteiger partial charge in [-0.05, 0) is 18.8 Å². The highest BCUT2D eigenvalue weighted by Crippen LogP contribution is 2.43. The SMILES string of the molecule is NC1CNc2c(C3CC3)cnn2C1. The zero-order valence-electron chi connectivity index (χ0n) is 7.53. The fraction of sp³-hybridized carbons (Fsp3) is 0.667. The molecule has 1 aliphatic heterocycles. The van der Waals surface area contributed by atoms with Crippen molar-refractivity contribution >= 4 is 5.82 Å². The molecule has 0 amide bonds. The van der Waals surface area contributed by atoms with E-state index in [0.29, 0.717) is 0 Å². The number of hydrogen-bond donors (Lipinski definition) is 2. The monoisotopic (exact) mass is 178 g/mol. The molecule has 2 aliphatic rings. The van der Waals surface area contributed by atoms with Crippen LogP contribution in [0.3, 0.4) is 0 Å². The summed E-state index contributed by atoms with van der Waals surface area (Å²) in [6.45, 7) is 1.74. The number of nitrogens with one attached hydrogen (secondary N) is 1. The fourth-order valence-corrected chi connectivity index (χ4v) is 1.94. The summed E-state index contributed by atoms with van der Waals surface area (Å²) >= 11 is 0. The molecular weight excluding hydrogens is 164 g/mol. The second-order valence-electron chi connectivity index (χ2n) is 4.05. The summed E-state index contributed by atoms with van der Waals surface area (Å²) in [5.74, 6) is 1.98. The Labute approximate surface area is 77.1 Å². The number of rotatable bonds is 1. The number of nitrogens with zero attached hydrogens (tertiary/aromatic N) is 2. The van der Waals surface area contributed by atoms with Gasteiger partial charge in [0.2, 0.25) is 0 Å². The summed E-state index contributed by atoms with van der Waals surface area (Å²) in [4.78, 5) is 0. The smallest absolute Gasteiger partial charge is 0.127 e. The van der Waals surface area contributed by atoms with Crippen molar-refractivity contribution in [2.75, 3.05) is 11.9 Å². The molecule has 0 radical (unpaired) electrons. The van der Waals surface area contributed by atoms with Gasteiger partial charge in [-0.15, -0.1) is 0 Å². The van der Waals surface area contributed by atoms with E-state index in [2.05, 4.69) is 10.4 Å². The standard InChI is InChI=1S/C9H14N4/c10-7-3-11-9-8(6-1-2-6)4-12-13(9)5-7/h4,6-7,11H,1-3,5,10H2. The quantitative estimate of drug-likeness (QED) is 0.659. The Balaban J connectivity index is 1.97. The van der Waals surface area contributed by atoms with Gasteiger partial charge in [0.25, 0.3) is 0 Å². The van der Waals surface area contributed by atoms with Crippen LogP contribution in [0.25, 0.3) is 0 Å². The highest BCUT2D eigenvalue weighted by atomic mass is 15.3. The van der Waals surface area contributed by atoms with Crippen molar-refractivity contribution in [1.82, 2.24) is 9.78 Å². The minimum Gasteiger partial charge on any atom is -0.368 e. The lowest BCUT2D eigenvalue weighted by atomic mass is 10.2. The van der Waals surface area contributed by atoms with Gasteiger partial charge in [0.05, 0.1) is 12.7 Å². The zero-order chi connectivity index (χ0) is 8.84. The molecule has 1 fully saturated rings. The first-order valence-corrected chi connectivity index (χ1v) is 4.90. The zero-order valence-corrected chi connectivity index (χ0v) is 7.53. The molecule has 0 saturated heterocycles. The molecule has 4 nitrogen and oxygen atoms in total. The molecule has 1 aliphatic carbocycles. The van der Waals surface area contributed by atoms with Gasteiger partial charge in [-0.1, -0.05) is 0 Å². The Morgan fingerprint density at radius 1 is 1.54 bits per heavy atom. The Morgan fingerprint density at radius 3 is 3.15 bits per heavy atom. The Hall–Kier alpha value is -1.03. The van der Waals surface area contributed by atoms with Gasteiger partial charge in [-0.3, -0.25) is 0 Å². The molecule has 13 heavy (non-hydrogen) atoms. The van der Waals surface area contributed by atoms with Crippen molar-refractivity contribution in [3.8, 4) is 0 Å². The molecule has 1 saturated carbocycles. The summed E-state index contributed by atoms with van der Waals surface area (Å²) in [7, 11) is 0. The Kier molecular flexibility index (Phi) is 1.41. The molecule has 1 aromatic rings. The number of anilines is 1. The summed E-state index contributed by atoms with van der Waals surface area (Å²) < 4.78 is 2.00. The lowest BCUT2D eigenvalue weighted by Crippen LogP contribution is -2.38. The van der Waals surface area contributed by atoms with E-state index in [1.54, 1.807) is 0 Å². The summed E-state index contributed by atoms with van der Waals surface area (Å²) in [6.07, 6.45) is 4.65. The minimum atomic E-state index is 0.208. The number of fused-ring (bicyclic) bond motifs is 1. The first-order chi connectivity index (χ1) is 6.34. The van der Waals surface area contributed by atoms with Crippen LogP contribution in [0.4, 0.5) is 5.82 Å². The van der Waals surface area contributed by atoms with Crippen LogP contribution < -0.4 is 11.1 Å². The van der Waals surface area contributed by atoms with Crippen LogP contribution in [-0.2, 0) is 6.54 Å². The number of aromatic nitrogens is 2. The molecule has 70 valence electrons. The summed E-state index contributed by atoms with van der Waals surface area (Å²) in [6, 6.07) is 0.208. The van der Waals surface area contributed by atoms with Crippen molar-refractivity contribution < 1.29 is 0 Å². The molecule has 1 atom stereocenters. The highest BCUT2D eigenvalue weighted by Gasteiger charge is 2.30. The third-order valence-electron chi connectivity index (χ3n) is 2.82. The molecule has 3 N–H and O–H groups in total. The maximum absolute atomic E-state index is 5.83. The van der Waals surface area contributed by atoms with Crippen molar-refractivity contribution in [2.24, 2.45) is 5.73 Å². The van der Waals surface area contributed by atoms with E-state index in [0.717, 1.165) is 19.0 Å². The summed E-state index contributed by atoms with van der Waals surface area (Å²) in [5, 5.41) is 7.70. The molecule has 2 heterocycles. The maximum Gasteiger partial charge on any atom is 0.127 e. The van der Waals surface area contributed by atoms with Crippen LogP contribution in [0, 0.1) is 0 Å². The van der Waals surface area contributed by atoms with Crippen LogP contribution in [0.15, 0.2) is 6.20 Å². The molecule has 0 bridgehead atoms. The normalized spacial score (nSPS) is 26.7. The third-order valence-corrected chi connectivity index (χ3v) is 2.82. The number of hydrogen-bond acceptors (Lipinski definition) is 3. The second kappa shape index (κ2) is 2.48. The van der Waals surface area contributed by atoms with Gasteiger partial charge in [0.15, 0.2) is 0 Å². The molecule has 1 aromatic heterocycles. The van der Waals surface area contributed by atoms with E-state index in [-0.39, 0.29) is 6.04 Å². The molecule has 1 unspecified atom stereocenters. The van der Waals surface area contributed by atoms with E-state index < -0.39 is 0 Å². The average Bonchev–Trinajstić information content (AvgIpc) is 2.87. The van der Waals surface area contributed by atoms with Gasteiger partial charge < -0.3 is 11.1 Å². The van der Waals surface area contributed by atoms with Crippen molar-refractivity contribution in [2.45, 2.75) is 31.3 Å². The largest absolute Gasteiger partial charge is 0.368 e. The van der Waals surface area contributed by atoms with Crippen LogP contribution in [0.5, 0.6) is 0 Å². The van der Waals surface area contributed by atoms with Crippen LogP contribution >= 0.6 is 0 Å². The molecule has 0 aromatic carbocycles. The minimum absolute atomic E-state index is 0.208. The Morgan fingerprint density at radius 2 is 2.38 bits per heavy atom. The van der Waals surface area contributed by atoms with Crippen molar-refractivity contribution in [1.29, 1.82) is 0 Å². The Bertz CT molecular complexity index is 326. The van der Waals surface area contributed by atoms with Gasteiger partial charge in [0.1, 0.15) is 5.82 Å². The van der Waals surface area contributed by atoms with Crippen LogP contribution in [0.1, 0.15) is 24.3 Å². The molecule has 3 rings (SSSR count). The lowest BCUT2D eigenvalue weighted by Gasteiger charge is -2.22. The molecule has 4 heteroatoms. The van der Waals surface area contributed by atoms with E-state index in [4.69, 9.17) is 5.73 Å². The highest BCUT2D eigenvalue weighted by molar-refractivity contribution is 5.49. The van der Waals surface area contributed by atoms with Gasteiger partial charge >= 0.3 is 0 Å². The van der Waals surface area contributed by atoms with Crippen LogP contribution in [0.2, 0.25) is 0 Å². The maximum atomic E-state index is 5.83. The van der Waals surface area contributed by atoms with E-state index in [1.807, 2.05) is 10.9 Å². The predicted molar refractivity (Wildman–Crippen MR) is 50.7 cm³/mol. The van der Waals surface area contributed by atoms with E-state index in [1.165, 1.54) is 24.2 Å². The first-order valence-electron chi connectivity index (χ1n) is 4.90. The van der Waals surface area contributed by atoms with Gasteiger partial charge in [0, 0.05) is 18.2 Å². The van der Waals surface area contributed by atoms with E-state index in [9.17, 15) is 0 Å². The molecular formula is C9H14N4. The molecule has 0 spiro atoms. The van der Waals surface area contributed by atoms with Crippen LogP contribution in [-0.4, -0.2) is 22.4 Å². The van der Waals surface area contributed by atoms with E-state index >= 15 is 0 Å². The first kappa shape index (κ1) is 7.38. The second-order valence-corrected chi connectivity index (χ2v) is 4.05. The van der Waals surface area contributed by atoms with Gasteiger partial charge in [-0.25, -0.2) is 4.68 Å². The van der Waals surface area contributed by atoms with Crippen molar-refractivity contribution in [3.63, 3.8) is 0 Å². The topological polar surface area (TPSA) is 55.9 Å². The number of nitrogens with two attached hydrogens (primary N) is 1.